The van der Waals surface area contributed by atoms with Gasteiger partial charge in [-0.3, -0.25) is 4.79 Å². The monoisotopic (exact) mass is 304 g/mol. The maximum absolute atomic E-state index is 13.0. The van der Waals surface area contributed by atoms with E-state index in [2.05, 4.69) is 29.3 Å². The largest absolute Gasteiger partial charge is 0.334 e. The van der Waals surface area contributed by atoms with Crippen molar-refractivity contribution in [2.45, 2.75) is 54.8 Å². The Morgan fingerprint density at radius 1 is 1.29 bits per heavy atom. The number of nitrogens with zero attached hydrogens (tertiary/aromatic N) is 1. The van der Waals surface area contributed by atoms with Gasteiger partial charge in [0.15, 0.2) is 0 Å². The van der Waals surface area contributed by atoms with Gasteiger partial charge in [-0.25, -0.2) is 0 Å². The minimum Gasteiger partial charge on any atom is -0.334 e. The van der Waals surface area contributed by atoms with E-state index >= 15 is 0 Å². The first kappa shape index (κ1) is 14.9. The SMILES string of the molecule is CCC(Sc1ccccc1)C(=O)N1C2CCNCC1CC2. The molecule has 4 heteroatoms. The van der Waals surface area contributed by atoms with E-state index in [0.29, 0.717) is 18.0 Å². The topological polar surface area (TPSA) is 32.3 Å². The summed E-state index contributed by atoms with van der Waals surface area (Å²) in [7, 11) is 0. The zero-order valence-corrected chi connectivity index (χ0v) is 13.4. The quantitative estimate of drug-likeness (QED) is 0.868. The molecular formula is C17H24N2OS. The van der Waals surface area contributed by atoms with E-state index in [1.54, 1.807) is 11.8 Å². The van der Waals surface area contributed by atoms with Gasteiger partial charge in [0.1, 0.15) is 0 Å². The summed E-state index contributed by atoms with van der Waals surface area (Å²) >= 11 is 1.72. The Hall–Kier alpha value is -1.00. The van der Waals surface area contributed by atoms with Crippen LogP contribution in [0.15, 0.2) is 35.2 Å². The second kappa shape index (κ2) is 6.84. The summed E-state index contributed by atoms with van der Waals surface area (Å²) in [4.78, 5) is 16.4. The molecule has 21 heavy (non-hydrogen) atoms. The third-order valence-corrected chi connectivity index (χ3v) is 5.94. The van der Waals surface area contributed by atoms with Crippen molar-refractivity contribution in [1.82, 2.24) is 10.2 Å². The fourth-order valence-corrected chi connectivity index (χ4v) is 4.51. The smallest absolute Gasteiger partial charge is 0.236 e. The van der Waals surface area contributed by atoms with Crippen LogP contribution in [0.2, 0.25) is 0 Å². The van der Waals surface area contributed by atoms with Crippen molar-refractivity contribution in [3.8, 4) is 0 Å². The van der Waals surface area contributed by atoms with Gasteiger partial charge in [0.25, 0.3) is 0 Å². The molecule has 0 aliphatic carbocycles. The zero-order chi connectivity index (χ0) is 14.7. The average Bonchev–Trinajstić information content (AvgIpc) is 2.78. The zero-order valence-electron chi connectivity index (χ0n) is 12.6. The summed E-state index contributed by atoms with van der Waals surface area (Å²) in [6.45, 7) is 4.14. The fourth-order valence-electron chi connectivity index (χ4n) is 3.48. The van der Waals surface area contributed by atoms with Crippen molar-refractivity contribution in [3.63, 3.8) is 0 Å². The molecule has 2 heterocycles. The molecule has 0 aromatic heterocycles. The van der Waals surface area contributed by atoms with Gasteiger partial charge in [-0.1, -0.05) is 25.1 Å². The highest BCUT2D eigenvalue weighted by atomic mass is 32.2. The number of hydrogen-bond acceptors (Lipinski definition) is 3. The molecule has 2 aliphatic heterocycles. The first-order valence-electron chi connectivity index (χ1n) is 8.04. The van der Waals surface area contributed by atoms with Crippen LogP contribution in [0.4, 0.5) is 0 Å². The lowest BCUT2D eigenvalue weighted by molar-refractivity contribution is -0.133. The number of amides is 1. The summed E-state index contributed by atoms with van der Waals surface area (Å²) < 4.78 is 0. The molecule has 0 saturated carbocycles. The Balaban J connectivity index is 1.73. The van der Waals surface area contributed by atoms with Crippen molar-refractivity contribution < 1.29 is 4.79 Å². The molecule has 114 valence electrons. The molecule has 0 radical (unpaired) electrons. The Bertz CT molecular complexity index is 465. The third kappa shape index (κ3) is 3.27. The Kier molecular flexibility index (Phi) is 4.86. The van der Waals surface area contributed by atoms with E-state index in [4.69, 9.17) is 0 Å². The van der Waals surface area contributed by atoms with Crippen LogP contribution < -0.4 is 5.32 Å². The van der Waals surface area contributed by atoms with Crippen molar-refractivity contribution in [2.24, 2.45) is 0 Å². The molecular weight excluding hydrogens is 280 g/mol. The summed E-state index contributed by atoms with van der Waals surface area (Å²) in [5.74, 6) is 0.350. The molecule has 1 amide bonds. The van der Waals surface area contributed by atoms with Crippen LogP contribution in [-0.2, 0) is 4.79 Å². The molecule has 0 spiro atoms. The maximum atomic E-state index is 13.0. The standard InChI is InChI=1S/C17H24N2OS/c1-2-16(21-15-6-4-3-5-7-15)17(20)19-13-8-9-14(19)12-18-11-10-13/h3-7,13-14,16,18H,2,8-12H2,1H3. The van der Waals surface area contributed by atoms with Crippen LogP contribution in [0.1, 0.15) is 32.6 Å². The lowest BCUT2D eigenvalue weighted by Crippen LogP contribution is -2.46. The molecule has 2 saturated heterocycles. The number of nitrogens with one attached hydrogen (secondary N) is 1. The van der Waals surface area contributed by atoms with Crippen molar-refractivity contribution in [3.05, 3.63) is 30.3 Å². The molecule has 1 aromatic rings. The number of benzene rings is 1. The molecule has 3 unspecified atom stereocenters. The molecule has 2 bridgehead atoms. The van der Waals surface area contributed by atoms with Crippen molar-refractivity contribution in [2.75, 3.05) is 13.1 Å². The molecule has 1 N–H and O–H groups in total. The molecule has 3 nitrogen and oxygen atoms in total. The van der Waals surface area contributed by atoms with Gasteiger partial charge < -0.3 is 10.2 Å². The van der Waals surface area contributed by atoms with E-state index in [9.17, 15) is 4.79 Å². The van der Waals surface area contributed by atoms with E-state index in [-0.39, 0.29) is 5.25 Å². The number of carbonyl (C=O) groups is 1. The van der Waals surface area contributed by atoms with Crippen LogP contribution in [0.5, 0.6) is 0 Å². The van der Waals surface area contributed by atoms with Gasteiger partial charge in [-0.2, -0.15) is 0 Å². The summed E-state index contributed by atoms with van der Waals surface area (Å²) in [5.41, 5.74) is 0. The van der Waals surface area contributed by atoms with Crippen LogP contribution in [0, 0.1) is 0 Å². The minimum absolute atomic E-state index is 0.0496. The maximum Gasteiger partial charge on any atom is 0.236 e. The fraction of sp³-hybridized carbons (Fsp3) is 0.588. The predicted octanol–water partition coefficient (Wildman–Crippen LogP) is 2.91. The molecule has 3 rings (SSSR count). The Morgan fingerprint density at radius 3 is 2.81 bits per heavy atom. The number of hydrogen-bond donors (Lipinski definition) is 1. The van der Waals surface area contributed by atoms with Crippen molar-refractivity contribution >= 4 is 17.7 Å². The van der Waals surface area contributed by atoms with Gasteiger partial charge in [-0.05, 0) is 44.4 Å². The lowest BCUT2D eigenvalue weighted by atomic mass is 10.1. The van der Waals surface area contributed by atoms with E-state index < -0.39 is 0 Å². The highest BCUT2D eigenvalue weighted by molar-refractivity contribution is 8.00. The summed E-state index contributed by atoms with van der Waals surface area (Å²) in [5, 5.41) is 3.52. The number of rotatable bonds is 4. The van der Waals surface area contributed by atoms with Gasteiger partial charge >= 0.3 is 0 Å². The molecule has 1 aromatic carbocycles. The lowest BCUT2D eigenvalue weighted by Gasteiger charge is -2.31. The summed E-state index contributed by atoms with van der Waals surface area (Å²) in [6, 6.07) is 11.2. The first-order valence-corrected chi connectivity index (χ1v) is 8.92. The number of fused-ring (bicyclic) bond motifs is 2. The van der Waals surface area contributed by atoms with E-state index in [1.165, 1.54) is 11.3 Å². The van der Waals surface area contributed by atoms with Crippen LogP contribution in [0.25, 0.3) is 0 Å². The minimum atomic E-state index is 0.0496. The van der Waals surface area contributed by atoms with Gasteiger partial charge in [0.2, 0.25) is 5.91 Å². The van der Waals surface area contributed by atoms with Crippen LogP contribution >= 0.6 is 11.8 Å². The highest BCUT2D eigenvalue weighted by Crippen LogP contribution is 2.33. The van der Waals surface area contributed by atoms with Crippen molar-refractivity contribution in [1.29, 1.82) is 0 Å². The van der Waals surface area contributed by atoms with Crippen LogP contribution in [-0.4, -0.2) is 41.2 Å². The van der Waals surface area contributed by atoms with Gasteiger partial charge in [0, 0.05) is 23.5 Å². The van der Waals surface area contributed by atoms with Gasteiger partial charge in [-0.15, -0.1) is 11.8 Å². The Morgan fingerprint density at radius 2 is 2.05 bits per heavy atom. The highest BCUT2D eigenvalue weighted by Gasteiger charge is 2.40. The second-order valence-electron chi connectivity index (χ2n) is 5.95. The Labute approximate surface area is 131 Å². The van der Waals surface area contributed by atoms with E-state index in [1.807, 2.05) is 18.2 Å². The van der Waals surface area contributed by atoms with Gasteiger partial charge in [0.05, 0.1) is 5.25 Å². The summed E-state index contributed by atoms with van der Waals surface area (Å²) in [6.07, 6.45) is 4.34. The van der Waals surface area contributed by atoms with Crippen LogP contribution in [0.3, 0.4) is 0 Å². The normalized spacial score (nSPS) is 26.4. The third-order valence-electron chi connectivity index (χ3n) is 4.58. The number of thioether (sulfide) groups is 1. The predicted molar refractivity (Wildman–Crippen MR) is 87.5 cm³/mol. The molecule has 2 fully saturated rings. The molecule has 2 aliphatic rings. The number of carbonyl (C=O) groups excluding carboxylic acids is 1. The average molecular weight is 304 g/mol. The first-order chi connectivity index (χ1) is 10.3. The molecule has 3 atom stereocenters. The van der Waals surface area contributed by atoms with E-state index in [0.717, 1.165) is 32.4 Å². The second-order valence-corrected chi connectivity index (χ2v) is 7.23.